The lowest BCUT2D eigenvalue weighted by Crippen LogP contribution is -2.32. The smallest absolute Gasteiger partial charge is 0.227 e. The third-order valence-corrected chi connectivity index (χ3v) is 21.7. The molecule has 4 aromatic carbocycles. The van der Waals surface area contributed by atoms with Crippen LogP contribution in [-0.2, 0) is 34.6 Å². The molecule has 2 unspecified atom stereocenters. The van der Waals surface area contributed by atoms with Crippen LogP contribution in [0.4, 0.5) is 0 Å². The van der Waals surface area contributed by atoms with Crippen LogP contribution in [0.15, 0.2) is 164 Å². The van der Waals surface area contributed by atoms with Gasteiger partial charge in [0.15, 0.2) is 47.1 Å². The minimum Gasteiger partial charge on any atom is -0.437 e. The van der Waals surface area contributed by atoms with Crippen LogP contribution in [0.1, 0.15) is 245 Å². The van der Waals surface area contributed by atoms with Gasteiger partial charge in [0.25, 0.3) is 0 Å². The summed E-state index contributed by atoms with van der Waals surface area (Å²) < 4.78 is 130. The molecule has 2 atom stereocenters. The summed E-state index contributed by atoms with van der Waals surface area (Å²) >= 11 is 0. The topological polar surface area (TPSA) is 120 Å². The second kappa shape index (κ2) is 31.1. The Morgan fingerprint density at radius 2 is 0.589 bits per heavy atom. The zero-order valence-corrected chi connectivity index (χ0v) is 70.3. The van der Waals surface area contributed by atoms with E-state index < -0.39 is 49.1 Å². The first-order valence-corrected chi connectivity index (χ1v) is 38.6. The van der Waals surface area contributed by atoms with Crippen LogP contribution in [0.25, 0.3) is 133 Å². The summed E-state index contributed by atoms with van der Waals surface area (Å²) in [5, 5.41) is 7.82. The number of nitrogens with zero attached hydrogens (tertiary/aromatic N) is 8. The molecule has 0 aliphatic rings. The number of aromatic nitrogens is 8. The molecule has 0 N–H and O–H groups in total. The van der Waals surface area contributed by atoms with Crippen molar-refractivity contribution in [2.45, 2.75) is 208 Å². The van der Waals surface area contributed by atoms with Gasteiger partial charge < -0.3 is 17.7 Å². The van der Waals surface area contributed by atoms with Crippen molar-refractivity contribution in [3.63, 3.8) is 0 Å². The Labute approximate surface area is 679 Å². The first-order valence-electron chi connectivity index (χ1n) is 44.6. The highest BCUT2D eigenvalue weighted by molar-refractivity contribution is 6.12. The van der Waals surface area contributed by atoms with E-state index in [0.717, 1.165) is 145 Å². The Bertz CT molecular complexity index is 6730. The van der Waals surface area contributed by atoms with Crippen molar-refractivity contribution >= 4 is 88.3 Å². The van der Waals surface area contributed by atoms with E-state index in [1.165, 1.54) is 36.2 Å². The van der Waals surface area contributed by atoms with Crippen molar-refractivity contribution < 1.29 is 52.4 Å². The molecule has 16 aromatic rings. The number of aryl methyl sites for hydroxylation is 13. The predicted octanol–water partition coefficient (Wildman–Crippen LogP) is 25.0. The molecule has 0 saturated heterocycles. The number of benzene rings is 4. The van der Waals surface area contributed by atoms with E-state index in [0.29, 0.717) is 62.2 Å². The number of rotatable bonds is 11. The van der Waals surface area contributed by atoms with E-state index in [1.807, 2.05) is 171 Å². The molecule has 0 spiro atoms. The second-order valence-corrected chi connectivity index (χ2v) is 33.0. The summed E-state index contributed by atoms with van der Waals surface area (Å²) in [5.41, 5.74) is 28.1. The molecule has 112 heavy (non-hydrogen) atoms. The van der Waals surface area contributed by atoms with Crippen molar-refractivity contribution in [2.75, 3.05) is 0 Å². The first-order chi connectivity index (χ1) is 57.3. The number of hydrogen-bond acceptors (Lipinski definition) is 8. The van der Waals surface area contributed by atoms with Crippen LogP contribution in [0.3, 0.4) is 0 Å². The first kappa shape index (κ1) is 64.9. The van der Waals surface area contributed by atoms with Crippen LogP contribution >= 0.6 is 0 Å². The van der Waals surface area contributed by atoms with E-state index in [9.17, 15) is 0 Å². The second-order valence-electron chi connectivity index (χ2n) is 33.0. The zero-order chi connectivity index (χ0) is 91.2. The molecule has 0 saturated carbocycles. The SMILES string of the molecule is Cc1ccc2c(n1)oc1c(-c3cc(C)c(CC(C)(C)C)c[n+]3C)c(C)ccc12.[2H]C(C)(C)c1ccc2c(n1)oc1c(-c3cc(C)c(C([2H])(C)C([2H])([2H])[2H])c[n+]3C)c(C)ccc12.[2H]C(C)(C)c1ccc2c(n1)oc1c(-c3cc(C)c(C([2H])(C)C([2H])([2H])[2H])c[n+]3C)c(C)ccc12.[2H]C(C)(C)c1ccc2c(n1)oc1c(-c3cc(C)c(C([2H])(C)C)c[n+]3C)c(C)ccc12. The van der Waals surface area contributed by atoms with E-state index >= 15 is 0 Å². The van der Waals surface area contributed by atoms with Gasteiger partial charge in [0, 0.05) is 129 Å². The van der Waals surface area contributed by atoms with Gasteiger partial charge in [-0.2, -0.15) is 0 Å². The van der Waals surface area contributed by atoms with Crippen molar-refractivity contribution in [3.8, 4) is 45.0 Å². The Morgan fingerprint density at radius 1 is 0.321 bits per heavy atom. The number of hydrogen-bond donors (Lipinski definition) is 0. The molecule has 0 aliphatic heterocycles. The van der Waals surface area contributed by atoms with E-state index in [-0.39, 0.29) is 5.41 Å². The molecule has 0 amide bonds. The summed E-state index contributed by atoms with van der Waals surface area (Å²) in [6, 6.07) is 40.7. The molecule has 576 valence electrons. The van der Waals surface area contributed by atoms with Gasteiger partial charge in [-0.1, -0.05) is 152 Å². The van der Waals surface area contributed by atoms with Crippen LogP contribution in [-0.4, -0.2) is 19.9 Å². The number of furan rings is 4. The standard InChI is InChI=1S/4C25H29N2O/c1-15-8-10-19-20-11-9-17(3)26-24(20)28-23(19)22(15)21-12-16(2)18(14-27(21)7)13-25(4,5)6;3*1-14(2)20-13-27(7)22(12-17(20)6)23-16(5)8-9-18-19-10-11-21(15(3)4)26-25(19)28-24(18)23/h8-12,14H,13H2,1-7H3;3*8-15H,1-7H3/q4*+1/i;2*1D3,14D,15D;14D,15D. The maximum atomic E-state index is 8.53. The summed E-state index contributed by atoms with van der Waals surface area (Å²) in [5.74, 6) is -6.57. The fourth-order valence-electron chi connectivity index (χ4n) is 15.6. The van der Waals surface area contributed by atoms with Gasteiger partial charge in [0.2, 0.25) is 45.6 Å². The summed E-state index contributed by atoms with van der Waals surface area (Å²) in [6.45, 7) is 37.7. The van der Waals surface area contributed by atoms with Crippen LogP contribution in [0.2, 0.25) is 0 Å². The maximum absolute atomic E-state index is 8.53. The molecule has 12 aromatic heterocycles. The van der Waals surface area contributed by atoms with Crippen LogP contribution in [0.5, 0.6) is 0 Å². The van der Waals surface area contributed by atoms with E-state index in [1.54, 1.807) is 40.1 Å². The van der Waals surface area contributed by atoms with Gasteiger partial charge in [-0.05, 0) is 203 Å². The quantitative estimate of drug-likeness (QED) is 0.117. The highest BCUT2D eigenvalue weighted by Gasteiger charge is 2.30. The van der Waals surface area contributed by atoms with Gasteiger partial charge in [0.1, 0.15) is 28.2 Å². The van der Waals surface area contributed by atoms with Crippen LogP contribution < -0.4 is 18.3 Å². The lowest BCUT2D eigenvalue weighted by atomic mass is 9.86. The average molecular weight is 1510 g/mol. The average Bonchev–Trinajstić information content (AvgIpc) is 1.55. The minimum atomic E-state index is -2.45. The molecule has 12 heteroatoms. The molecule has 16 rings (SSSR count). The van der Waals surface area contributed by atoms with Gasteiger partial charge in [0.05, 0.1) is 22.3 Å². The lowest BCUT2D eigenvalue weighted by molar-refractivity contribution is -0.661. The maximum Gasteiger partial charge on any atom is 0.227 e. The van der Waals surface area contributed by atoms with E-state index in [4.69, 9.17) is 34.1 Å². The van der Waals surface area contributed by atoms with Gasteiger partial charge >= 0.3 is 0 Å². The molecule has 0 aliphatic carbocycles. The predicted molar refractivity (Wildman–Crippen MR) is 463 cm³/mol. The van der Waals surface area contributed by atoms with Crippen LogP contribution in [0, 0.1) is 67.7 Å². The molecule has 0 radical (unpaired) electrons. The van der Waals surface area contributed by atoms with Crippen molar-refractivity contribution in [2.24, 2.45) is 33.6 Å². The Morgan fingerprint density at radius 3 is 0.875 bits per heavy atom. The minimum absolute atomic E-state index is 0.261. The van der Waals surface area contributed by atoms with Crippen molar-refractivity contribution in [3.05, 3.63) is 236 Å². The summed E-state index contributed by atoms with van der Waals surface area (Å²) in [6.07, 6.45) is 8.87. The molecule has 12 nitrogen and oxygen atoms in total. The van der Waals surface area contributed by atoms with Gasteiger partial charge in [-0.3, -0.25) is 0 Å². The molecular weight excluding hydrogens is 1380 g/mol. The Kier molecular flexibility index (Phi) is 18.0. The zero-order valence-electron chi connectivity index (χ0n) is 82.3. The molecular formula is C100H116N8O4+4. The lowest BCUT2D eigenvalue weighted by Gasteiger charge is -2.19. The van der Waals surface area contributed by atoms with Gasteiger partial charge in [-0.25, -0.2) is 38.2 Å². The third-order valence-electron chi connectivity index (χ3n) is 21.7. The fraction of sp³-hybridized carbons (Fsp3) is 0.360. The monoisotopic (exact) mass is 1500 g/mol. The van der Waals surface area contributed by atoms with Crippen molar-refractivity contribution in [1.82, 2.24) is 19.9 Å². The number of pyridine rings is 8. The van der Waals surface area contributed by atoms with Crippen molar-refractivity contribution in [1.29, 1.82) is 0 Å². The van der Waals surface area contributed by atoms with E-state index in [2.05, 4.69) is 139 Å². The van der Waals surface area contributed by atoms with Gasteiger partial charge in [-0.15, -0.1) is 0 Å². The molecule has 12 heterocycles. The summed E-state index contributed by atoms with van der Waals surface area (Å²) in [7, 11) is 7.86. The fourth-order valence-corrected chi connectivity index (χ4v) is 15.6. The third kappa shape index (κ3) is 15.3. The molecule has 0 fully saturated rings. The highest BCUT2D eigenvalue weighted by atomic mass is 16.4. The largest absolute Gasteiger partial charge is 0.437 e. The Balaban J connectivity index is 0.000000142. The highest BCUT2D eigenvalue weighted by Crippen LogP contribution is 2.43. The normalized spacial score (nSPS) is 15.3. The Hall–Kier alpha value is -10.7. The summed E-state index contributed by atoms with van der Waals surface area (Å²) in [4.78, 5) is 18.5. The molecule has 0 bridgehead atoms. The number of fused-ring (bicyclic) bond motifs is 12.